The van der Waals surface area contributed by atoms with Gasteiger partial charge in [0, 0.05) is 32.7 Å². The van der Waals surface area contributed by atoms with E-state index >= 15 is 0 Å². The third-order valence-electron chi connectivity index (χ3n) is 3.69. The molecule has 1 saturated carbocycles. The van der Waals surface area contributed by atoms with Crippen molar-refractivity contribution in [2.45, 2.75) is 31.7 Å². The molecule has 0 aliphatic heterocycles. The second-order valence-corrected chi connectivity index (χ2v) is 6.39. The normalized spacial score (nSPS) is 22.6. The number of aliphatic hydroxyl groups is 1. The van der Waals surface area contributed by atoms with Crippen molar-refractivity contribution in [2.24, 2.45) is 5.92 Å². The van der Waals surface area contributed by atoms with Crippen LogP contribution in [0.4, 0.5) is 10.9 Å². The zero-order chi connectivity index (χ0) is 14.7. The SMILES string of the molecule is CN(C)c1nc(N)c(C(=O)NC2CCCCC2CO)s1. The van der Waals surface area contributed by atoms with Gasteiger partial charge in [0.25, 0.3) is 5.91 Å². The molecule has 0 saturated heterocycles. The maximum absolute atomic E-state index is 12.3. The molecule has 0 radical (unpaired) electrons. The first-order valence-electron chi connectivity index (χ1n) is 6.88. The molecule has 0 aromatic carbocycles. The van der Waals surface area contributed by atoms with E-state index in [-0.39, 0.29) is 30.3 Å². The molecule has 2 rings (SSSR count). The van der Waals surface area contributed by atoms with Gasteiger partial charge in [-0.3, -0.25) is 4.79 Å². The van der Waals surface area contributed by atoms with Crippen molar-refractivity contribution in [3.63, 3.8) is 0 Å². The number of carbonyl (C=O) groups is 1. The zero-order valence-corrected chi connectivity index (χ0v) is 12.7. The van der Waals surface area contributed by atoms with Crippen LogP contribution in [0.1, 0.15) is 35.4 Å². The average Bonchev–Trinajstić information content (AvgIpc) is 2.82. The van der Waals surface area contributed by atoms with E-state index < -0.39 is 0 Å². The Kier molecular flexibility index (Phi) is 4.82. The Balaban J connectivity index is 2.07. The first-order chi connectivity index (χ1) is 9.52. The van der Waals surface area contributed by atoms with Crippen molar-refractivity contribution in [3.05, 3.63) is 4.88 Å². The van der Waals surface area contributed by atoms with E-state index in [2.05, 4.69) is 10.3 Å². The molecule has 1 aromatic rings. The van der Waals surface area contributed by atoms with Crippen LogP contribution in [-0.4, -0.2) is 42.7 Å². The van der Waals surface area contributed by atoms with E-state index in [0.29, 0.717) is 4.88 Å². The van der Waals surface area contributed by atoms with E-state index in [1.54, 1.807) is 0 Å². The number of amides is 1. The predicted octanol–water partition coefficient (Wildman–Crippen LogP) is 1.07. The van der Waals surface area contributed by atoms with Crippen LogP contribution in [0.25, 0.3) is 0 Å². The molecule has 112 valence electrons. The van der Waals surface area contributed by atoms with E-state index in [9.17, 15) is 9.90 Å². The van der Waals surface area contributed by atoms with E-state index in [1.807, 2.05) is 19.0 Å². The highest BCUT2D eigenvalue weighted by molar-refractivity contribution is 7.18. The molecule has 1 amide bonds. The molecule has 1 aromatic heterocycles. The molecule has 1 fully saturated rings. The van der Waals surface area contributed by atoms with Gasteiger partial charge in [-0.05, 0) is 12.8 Å². The molecule has 1 heterocycles. The minimum absolute atomic E-state index is 0.0329. The third-order valence-corrected chi connectivity index (χ3v) is 4.93. The van der Waals surface area contributed by atoms with Crippen molar-refractivity contribution in [3.8, 4) is 0 Å². The number of rotatable bonds is 4. The largest absolute Gasteiger partial charge is 0.396 e. The third kappa shape index (κ3) is 3.21. The van der Waals surface area contributed by atoms with Crippen molar-refractivity contribution in [2.75, 3.05) is 31.3 Å². The molecule has 2 unspecified atom stereocenters. The maximum Gasteiger partial charge on any atom is 0.265 e. The summed E-state index contributed by atoms with van der Waals surface area (Å²) >= 11 is 1.29. The number of aromatic nitrogens is 1. The summed E-state index contributed by atoms with van der Waals surface area (Å²) in [7, 11) is 3.73. The molecule has 0 bridgehead atoms. The van der Waals surface area contributed by atoms with Crippen molar-refractivity contribution in [1.82, 2.24) is 10.3 Å². The number of thiazole rings is 1. The number of nitrogen functional groups attached to an aromatic ring is 1. The Bertz CT molecular complexity index is 475. The van der Waals surface area contributed by atoms with Crippen molar-refractivity contribution < 1.29 is 9.90 Å². The molecule has 7 heteroatoms. The smallest absolute Gasteiger partial charge is 0.265 e. The van der Waals surface area contributed by atoms with E-state index in [0.717, 1.165) is 30.8 Å². The monoisotopic (exact) mass is 298 g/mol. The van der Waals surface area contributed by atoms with Gasteiger partial charge in [-0.1, -0.05) is 24.2 Å². The minimum Gasteiger partial charge on any atom is -0.396 e. The lowest BCUT2D eigenvalue weighted by atomic mass is 9.85. The van der Waals surface area contributed by atoms with E-state index in [4.69, 9.17) is 5.73 Å². The Morgan fingerprint density at radius 2 is 2.20 bits per heavy atom. The first kappa shape index (κ1) is 15.1. The maximum atomic E-state index is 12.3. The van der Waals surface area contributed by atoms with Crippen molar-refractivity contribution >= 4 is 28.2 Å². The number of nitrogens with two attached hydrogens (primary N) is 1. The summed E-state index contributed by atoms with van der Waals surface area (Å²) < 4.78 is 0. The lowest BCUT2D eigenvalue weighted by molar-refractivity contribution is 0.0877. The Morgan fingerprint density at radius 3 is 2.80 bits per heavy atom. The zero-order valence-electron chi connectivity index (χ0n) is 11.9. The van der Waals surface area contributed by atoms with Gasteiger partial charge in [0.05, 0.1) is 0 Å². The van der Waals surface area contributed by atoms with Gasteiger partial charge in [-0.2, -0.15) is 0 Å². The highest BCUT2D eigenvalue weighted by Gasteiger charge is 2.27. The molecule has 2 atom stereocenters. The highest BCUT2D eigenvalue weighted by Crippen LogP contribution is 2.28. The summed E-state index contributed by atoms with van der Waals surface area (Å²) in [5.74, 6) is 0.237. The van der Waals surface area contributed by atoms with Crippen LogP contribution in [-0.2, 0) is 0 Å². The minimum atomic E-state index is -0.182. The predicted molar refractivity (Wildman–Crippen MR) is 81.2 cm³/mol. The molecular formula is C13H22N4O2S. The lowest BCUT2D eigenvalue weighted by Gasteiger charge is -2.30. The molecule has 1 aliphatic carbocycles. The fourth-order valence-corrected chi connectivity index (χ4v) is 3.34. The highest BCUT2D eigenvalue weighted by atomic mass is 32.1. The van der Waals surface area contributed by atoms with Crippen LogP contribution in [0.5, 0.6) is 0 Å². The van der Waals surface area contributed by atoms with Crippen LogP contribution in [0.3, 0.4) is 0 Å². The standard InChI is InChI=1S/C13H22N4O2S/c1-17(2)13-16-11(14)10(20-13)12(19)15-9-6-4-3-5-8(9)7-18/h8-9,18H,3-7,14H2,1-2H3,(H,15,19). The van der Waals surface area contributed by atoms with Gasteiger partial charge >= 0.3 is 0 Å². The summed E-state index contributed by atoms with van der Waals surface area (Å²) in [5, 5.41) is 13.1. The molecule has 4 N–H and O–H groups in total. The lowest BCUT2D eigenvalue weighted by Crippen LogP contribution is -2.43. The number of anilines is 2. The summed E-state index contributed by atoms with van der Waals surface area (Å²) in [6.07, 6.45) is 4.08. The van der Waals surface area contributed by atoms with Gasteiger partial charge in [0.15, 0.2) is 5.13 Å². The van der Waals surface area contributed by atoms with Crippen LogP contribution in [0.2, 0.25) is 0 Å². The summed E-state index contributed by atoms with van der Waals surface area (Å²) in [4.78, 5) is 18.8. The molecule has 6 nitrogen and oxygen atoms in total. The van der Waals surface area contributed by atoms with Crippen LogP contribution >= 0.6 is 11.3 Å². The number of hydrogen-bond acceptors (Lipinski definition) is 6. The van der Waals surface area contributed by atoms with Crippen molar-refractivity contribution in [1.29, 1.82) is 0 Å². The fourth-order valence-electron chi connectivity index (χ4n) is 2.52. The number of nitrogens with zero attached hydrogens (tertiary/aromatic N) is 2. The quantitative estimate of drug-likeness (QED) is 0.773. The number of carbonyl (C=O) groups excluding carboxylic acids is 1. The molecule has 1 aliphatic rings. The van der Waals surface area contributed by atoms with E-state index in [1.165, 1.54) is 11.3 Å². The average molecular weight is 298 g/mol. The molecule has 0 spiro atoms. The molecular weight excluding hydrogens is 276 g/mol. The number of hydrogen-bond donors (Lipinski definition) is 3. The van der Waals surface area contributed by atoms with Crippen LogP contribution in [0.15, 0.2) is 0 Å². The van der Waals surface area contributed by atoms with Crippen LogP contribution < -0.4 is 16.0 Å². The second kappa shape index (κ2) is 6.41. The molecule has 20 heavy (non-hydrogen) atoms. The topological polar surface area (TPSA) is 91.5 Å². The van der Waals surface area contributed by atoms with Crippen LogP contribution in [0, 0.1) is 5.92 Å². The first-order valence-corrected chi connectivity index (χ1v) is 7.70. The summed E-state index contributed by atoms with van der Waals surface area (Å²) in [5.41, 5.74) is 5.81. The number of nitrogens with one attached hydrogen (secondary N) is 1. The number of aliphatic hydroxyl groups excluding tert-OH is 1. The van der Waals surface area contributed by atoms with Gasteiger partial charge in [0.1, 0.15) is 10.7 Å². The van der Waals surface area contributed by atoms with Gasteiger partial charge in [-0.25, -0.2) is 4.98 Å². The second-order valence-electron chi connectivity index (χ2n) is 5.41. The van der Waals surface area contributed by atoms with Gasteiger partial charge < -0.3 is 21.1 Å². The Labute approximate surface area is 123 Å². The summed E-state index contributed by atoms with van der Waals surface area (Å²) in [6.45, 7) is 0.117. The fraction of sp³-hybridized carbons (Fsp3) is 0.692. The van der Waals surface area contributed by atoms with Gasteiger partial charge in [-0.15, -0.1) is 0 Å². The summed E-state index contributed by atoms with van der Waals surface area (Å²) in [6, 6.07) is 0.0329. The Hall–Kier alpha value is -1.34. The van der Waals surface area contributed by atoms with Gasteiger partial charge in [0.2, 0.25) is 0 Å². The Morgan fingerprint density at radius 1 is 1.50 bits per heavy atom.